The molecule has 1 atom stereocenters. The number of methoxy groups -OCH3 is 1. The third kappa shape index (κ3) is 6.10. The van der Waals surface area contributed by atoms with Crippen molar-refractivity contribution in [2.24, 2.45) is 4.99 Å². The van der Waals surface area contributed by atoms with Gasteiger partial charge >= 0.3 is 0 Å². The number of benzene rings is 2. The van der Waals surface area contributed by atoms with Gasteiger partial charge in [0.05, 0.1) is 18.3 Å². The minimum absolute atomic E-state index is 0.137. The molecule has 2 aliphatic heterocycles. The van der Waals surface area contributed by atoms with E-state index in [0.29, 0.717) is 37.8 Å². The summed E-state index contributed by atoms with van der Waals surface area (Å²) in [5.74, 6) is 0.392. The molecule has 0 bridgehead atoms. The van der Waals surface area contributed by atoms with E-state index >= 15 is 0 Å². The number of fused-ring (bicyclic) bond motifs is 1. The molecule has 5 rings (SSSR count). The molecular formula is C30H35FN6O2. The number of aliphatic imine (C=N–C) groups is 1. The van der Waals surface area contributed by atoms with Crippen molar-refractivity contribution in [3.8, 4) is 0 Å². The standard InChI is InChI=1S/C30H35FN6O2/c1-20-8-9-22(26(31)12-20)17-37-11-5-7-24(18-37)36(2)16-23-13-25-28(15-27(23)33-19-38)34-35-30(25)21-6-4-10-32-29(14-21)39-3/h6,8-10,12-15,19,24H,4-5,7,11,16-18H2,1-3H3,(H,33,38)(H,34,35)/t24-/m1/s1. The molecule has 1 aromatic heterocycles. The quantitative estimate of drug-likeness (QED) is 0.380. The van der Waals surface area contributed by atoms with E-state index in [2.05, 4.69) is 49.5 Å². The third-order valence-electron chi connectivity index (χ3n) is 7.55. The summed E-state index contributed by atoms with van der Waals surface area (Å²) in [6.07, 6.45) is 9.27. The number of H-pyrrole nitrogens is 1. The number of hydrogen-bond donors (Lipinski definition) is 2. The lowest BCUT2D eigenvalue weighted by atomic mass is 10.0. The Hall–Kier alpha value is -3.82. The number of allylic oxidation sites excluding steroid dienone is 3. The fraction of sp³-hybridized carbons (Fsp3) is 0.367. The molecule has 39 heavy (non-hydrogen) atoms. The smallest absolute Gasteiger partial charge is 0.213 e. The van der Waals surface area contributed by atoms with Crippen molar-refractivity contribution >= 4 is 34.8 Å². The number of aromatic amines is 1. The van der Waals surface area contributed by atoms with Crippen molar-refractivity contribution in [1.29, 1.82) is 0 Å². The second kappa shape index (κ2) is 11.9. The molecule has 3 heterocycles. The molecule has 3 aromatic rings. The van der Waals surface area contributed by atoms with E-state index in [-0.39, 0.29) is 5.82 Å². The Balaban J connectivity index is 1.37. The first-order valence-electron chi connectivity index (χ1n) is 13.3. The van der Waals surface area contributed by atoms with Crippen LogP contribution in [-0.4, -0.2) is 65.9 Å². The number of hydrogen-bond acceptors (Lipinski definition) is 6. The number of amides is 1. The summed E-state index contributed by atoms with van der Waals surface area (Å²) in [7, 11) is 3.72. The van der Waals surface area contributed by atoms with Crippen molar-refractivity contribution in [3.05, 3.63) is 76.6 Å². The molecule has 1 amide bonds. The molecule has 0 radical (unpaired) electrons. The number of halogens is 1. The Morgan fingerprint density at radius 1 is 1.28 bits per heavy atom. The predicted octanol–water partition coefficient (Wildman–Crippen LogP) is 5.02. The number of aromatic nitrogens is 2. The molecule has 8 nitrogen and oxygen atoms in total. The van der Waals surface area contributed by atoms with E-state index in [4.69, 9.17) is 4.74 Å². The SMILES string of the molecule is COC1=CC(c2n[nH]c3cc(NC=O)c(CN(C)[C@@H]4CCCN(Cc5ccc(C)cc5F)C4)cc23)=CCC=N1. The van der Waals surface area contributed by atoms with Crippen molar-refractivity contribution in [2.45, 2.75) is 45.3 Å². The number of ether oxygens (including phenoxy) is 1. The maximum Gasteiger partial charge on any atom is 0.213 e. The number of piperidine rings is 1. The molecule has 1 saturated heterocycles. The third-order valence-corrected chi connectivity index (χ3v) is 7.55. The highest BCUT2D eigenvalue weighted by Gasteiger charge is 2.25. The van der Waals surface area contributed by atoms with Crippen LogP contribution in [0.25, 0.3) is 16.5 Å². The van der Waals surface area contributed by atoms with Crippen LogP contribution in [0.3, 0.4) is 0 Å². The number of anilines is 1. The van der Waals surface area contributed by atoms with Crippen LogP contribution in [0, 0.1) is 12.7 Å². The maximum absolute atomic E-state index is 14.5. The summed E-state index contributed by atoms with van der Waals surface area (Å²) in [5, 5.41) is 11.5. The molecule has 2 aliphatic rings. The van der Waals surface area contributed by atoms with Gasteiger partial charge in [-0.2, -0.15) is 5.10 Å². The van der Waals surface area contributed by atoms with Crippen LogP contribution in [0.1, 0.15) is 41.6 Å². The number of rotatable bonds is 9. The van der Waals surface area contributed by atoms with Crippen molar-refractivity contribution in [3.63, 3.8) is 0 Å². The van der Waals surface area contributed by atoms with E-state index in [1.807, 2.05) is 37.4 Å². The van der Waals surface area contributed by atoms with E-state index in [1.165, 1.54) is 0 Å². The zero-order valence-electron chi connectivity index (χ0n) is 22.7. The van der Waals surface area contributed by atoms with Gasteiger partial charge in [-0.05, 0) is 62.7 Å². The molecule has 204 valence electrons. The van der Waals surface area contributed by atoms with Gasteiger partial charge < -0.3 is 10.1 Å². The average Bonchev–Trinajstić information content (AvgIpc) is 3.18. The van der Waals surface area contributed by atoms with Gasteiger partial charge in [-0.25, -0.2) is 9.38 Å². The lowest BCUT2D eigenvalue weighted by Crippen LogP contribution is -2.45. The van der Waals surface area contributed by atoms with Crippen molar-refractivity contribution < 1.29 is 13.9 Å². The van der Waals surface area contributed by atoms with Crippen molar-refractivity contribution in [2.75, 3.05) is 32.6 Å². The Morgan fingerprint density at radius 3 is 2.95 bits per heavy atom. The largest absolute Gasteiger partial charge is 0.481 e. The first-order valence-corrected chi connectivity index (χ1v) is 13.3. The minimum Gasteiger partial charge on any atom is -0.481 e. The predicted molar refractivity (Wildman–Crippen MR) is 153 cm³/mol. The monoisotopic (exact) mass is 530 g/mol. The number of carbonyl (C=O) groups excluding carboxylic acids is 1. The second-order valence-corrected chi connectivity index (χ2v) is 10.3. The number of likely N-dealkylation sites (N-methyl/N-ethyl adjacent to an activating group) is 1. The highest BCUT2D eigenvalue weighted by atomic mass is 19.1. The molecule has 1 fully saturated rings. The van der Waals surface area contributed by atoms with Crippen LogP contribution >= 0.6 is 0 Å². The lowest BCUT2D eigenvalue weighted by molar-refractivity contribution is -0.105. The van der Waals surface area contributed by atoms with E-state index < -0.39 is 0 Å². The fourth-order valence-electron chi connectivity index (χ4n) is 5.44. The van der Waals surface area contributed by atoms with Gasteiger partial charge in [0, 0.05) is 66.6 Å². The number of carbonyl (C=O) groups is 1. The van der Waals surface area contributed by atoms with Crippen LogP contribution in [0.15, 0.2) is 53.4 Å². The lowest BCUT2D eigenvalue weighted by Gasteiger charge is -2.38. The number of nitrogens with zero attached hydrogens (tertiary/aromatic N) is 4. The van der Waals surface area contributed by atoms with Gasteiger partial charge in [0.15, 0.2) is 0 Å². The van der Waals surface area contributed by atoms with Crippen LogP contribution < -0.4 is 5.32 Å². The van der Waals surface area contributed by atoms with Crippen LogP contribution in [0.5, 0.6) is 0 Å². The molecular weight excluding hydrogens is 495 g/mol. The summed E-state index contributed by atoms with van der Waals surface area (Å²) < 4.78 is 19.9. The average molecular weight is 531 g/mol. The molecule has 0 aliphatic carbocycles. The zero-order valence-corrected chi connectivity index (χ0v) is 22.7. The first-order chi connectivity index (χ1) is 18.9. The van der Waals surface area contributed by atoms with Crippen molar-refractivity contribution in [1.82, 2.24) is 20.0 Å². The number of likely N-dealkylation sites (tertiary alicyclic amines) is 1. The summed E-state index contributed by atoms with van der Waals surface area (Å²) in [6.45, 7) is 4.97. The number of aryl methyl sites for hydroxylation is 1. The molecule has 0 unspecified atom stereocenters. The summed E-state index contributed by atoms with van der Waals surface area (Å²) in [6, 6.07) is 9.82. The van der Waals surface area contributed by atoms with E-state index in [0.717, 1.165) is 70.5 Å². The van der Waals surface area contributed by atoms with Crippen LogP contribution in [0.4, 0.5) is 10.1 Å². The Morgan fingerprint density at radius 2 is 2.15 bits per heavy atom. The molecule has 2 N–H and O–H groups in total. The van der Waals surface area contributed by atoms with E-state index in [9.17, 15) is 9.18 Å². The van der Waals surface area contributed by atoms with Gasteiger partial charge in [-0.15, -0.1) is 0 Å². The summed E-state index contributed by atoms with van der Waals surface area (Å²) in [5.41, 5.74) is 6.01. The highest BCUT2D eigenvalue weighted by molar-refractivity contribution is 5.96. The molecule has 0 spiro atoms. The van der Waals surface area contributed by atoms with Crippen LogP contribution in [-0.2, 0) is 22.6 Å². The molecule has 2 aromatic carbocycles. The van der Waals surface area contributed by atoms with Gasteiger partial charge in [-0.3, -0.25) is 19.7 Å². The van der Waals surface area contributed by atoms with Gasteiger partial charge in [0.1, 0.15) is 5.82 Å². The molecule has 9 heteroatoms. The van der Waals surface area contributed by atoms with Gasteiger partial charge in [0.2, 0.25) is 12.3 Å². The Kier molecular flexibility index (Phi) is 8.18. The second-order valence-electron chi connectivity index (χ2n) is 10.3. The number of nitrogens with one attached hydrogen (secondary N) is 2. The fourth-order valence-corrected chi connectivity index (χ4v) is 5.44. The van der Waals surface area contributed by atoms with Gasteiger partial charge in [-0.1, -0.05) is 18.2 Å². The van der Waals surface area contributed by atoms with E-state index in [1.54, 1.807) is 13.2 Å². The summed E-state index contributed by atoms with van der Waals surface area (Å²) >= 11 is 0. The maximum atomic E-state index is 14.5. The zero-order chi connectivity index (χ0) is 27.4. The summed E-state index contributed by atoms with van der Waals surface area (Å²) in [4.78, 5) is 20.4. The Bertz CT molecular complexity index is 1440. The first kappa shape index (κ1) is 26.8. The van der Waals surface area contributed by atoms with Gasteiger partial charge in [0.25, 0.3) is 0 Å². The highest BCUT2D eigenvalue weighted by Crippen LogP contribution is 2.31. The normalized spacial score (nSPS) is 18.1. The topological polar surface area (TPSA) is 85.8 Å². The Labute approximate surface area is 228 Å². The molecule has 0 saturated carbocycles. The minimum atomic E-state index is -0.137. The van der Waals surface area contributed by atoms with Crippen LogP contribution in [0.2, 0.25) is 0 Å².